The van der Waals surface area contributed by atoms with Crippen molar-refractivity contribution in [2.45, 2.75) is 96.3 Å². The van der Waals surface area contributed by atoms with Crippen LogP contribution in [0.5, 0.6) is 0 Å². The zero-order valence-corrected chi connectivity index (χ0v) is 14.3. The van der Waals surface area contributed by atoms with Crippen LogP contribution in [0, 0.1) is 5.41 Å². The lowest BCUT2D eigenvalue weighted by molar-refractivity contribution is 0.0254. The molecule has 0 aromatic rings. The minimum Gasteiger partial charge on any atom is -0.390 e. The Morgan fingerprint density at radius 2 is 1.53 bits per heavy atom. The van der Waals surface area contributed by atoms with Crippen LogP contribution in [0.25, 0.3) is 0 Å². The van der Waals surface area contributed by atoms with Crippen LogP contribution in [0.3, 0.4) is 0 Å². The van der Waals surface area contributed by atoms with E-state index in [1.54, 1.807) is 0 Å². The normalized spacial score (nSPS) is 36.5. The molecule has 0 saturated heterocycles. The van der Waals surface area contributed by atoms with Gasteiger partial charge in [0.15, 0.2) is 0 Å². The van der Waals surface area contributed by atoms with Crippen molar-refractivity contribution in [1.82, 2.24) is 0 Å². The lowest BCUT2D eigenvalue weighted by Crippen LogP contribution is -2.32. The molecule has 0 aliphatic heterocycles. The summed E-state index contributed by atoms with van der Waals surface area (Å²) in [5.74, 6) is 1.20. The van der Waals surface area contributed by atoms with E-state index >= 15 is 0 Å². The molecule has 114 valence electrons. The number of thioether (sulfide) groups is 1. The zero-order chi connectivity index (χ0) is 14.4. The third-order valence-electron chi connectivity index (χ3n) is 5.10. The molecule has 3 unspecified atom stereocenters. The molecule has 1 saturated carbocycles. The van der Waals surface area contributed by atoms with Gasteiger partial charge in [0.1, 0.15) is 0 Å². The highest BCUT2D eigenvalue weighted by Gasteiger charge is 2.33. The highest BCUT2D eigenvalue weighted by atomic mass is 32.2. The summed E-state index contributed by atoms with van der Waals surface area (Å²) in [5, 5.41) is 11.2. The van der Waals surface area contributed by atoms with Crippen LogP contribution in [0.4, 0.5) is 0 Å². The Bertz CT molecular complexity index is 252. The predicted molar refractivity (Wildman–Crippen MR) is 87.9 cm³/mol. The van der Waals surface area contributed by atoms with Crippen LogP contribution in [-0.4, -0.2) is 21.7 Å². The first-order chi connectivity index (χ1) is 8.90. The van der Waals surface area contributed by atoms with Gasteiger partial charge in [-0.25, -0.2) is 0 Å². The Hall–Kier alpha value is 0.310. The van der Waals surface area contributed by atoms with Gasteiger partial charge in [0.05, 0.1) is 5.60 Å². The fourth-order valence-electron chi connectivity index (χ4n) is 3.23. The van der Waals surface area contributed by atoms with Crippen molar-refractivity contribution in [1.29, 1.82) is 0 Å². The van der Waals surface area contributed by atoms with Gasteiger partial charge in [-0.3, -0.25) is 0 Å². The second kappa shape index (κ2) is 7.93. The fraction of sp³-hybridized carbons (Fsp3) is 1.00. The van der Waals surface area contributed by atoms with Gasteiger partial charge >= 0.3 is 0 Å². The maximum atomic E-state index is 10.5. The smallest absolute Gasteiger partial charge is 0.0620 e. The minimum atomic E-state index is -0.442. The molecule has 1 rings (SSSR count). The number of rotatable bonds is 3. The molecule has 0 spiro atoms. The van der Waals surface area contributed by atoms with E-state index in [-0.39, 0.29) is 0 Å². The van der Waals surface area contributed by atoms with E-state index < -0.39 is 5.60 Å². The third kappa shape index (κ3) is 6.08. The number of aliphatic hydroxyl groups is 1. The molecule has 1 aliphatic carbocycles. The zero-order valence-electron chi connectivity index (χ0n) is 13.5. The van der Waals surface area contributed by atoms with E-state index in [2.05, 4.69) is 32.5 Å². The molecule has 2 heteroatoms. The summed E-state index contributed by atoms with van der Waals surface area (Å²) in [7, 11) is 0. The van der Waals surface area contributed by atoms with Gasteiger partial charge < -0.3 is 5.11 Å². The third-order valence-corrected chi connectivity index (χ3v) is 6.50. The molecule has 0 heterocycles. The van der Waals surface area contributed by atoms with E-state index in [1.165, 1.54) is 50.7 Å². The summed E-state index contributed by atoms with van der Waals surface area (Å²) in [4.78, 5) is 0. The average Bonchev–Trinajstić information content (AvgIpc) is 2.37. The van der Waals surface area contributed by atoms with Crippen LogP contribution in [-0.2, 0) is 0 Å². The number of hydrogen-bond donors (Lipinski definition) is 1. The van der Waals surface area contributed by atoms with E-state index in [9.17, 15) is 5.11 Å². The monoisotopic (exact) mass is 286 g/mol. The largest absolute Gasteiger partial charge is 0.390 e. The lowest BCUT2D eigenvalue weighted by Gasteiger charge is -2.38. The van der Waals surface area contributed by atoms with E-state index in [1.807, 2.05) is 6.92 Å². The molecule has 1 fully saturated rings. The van der Waals surface area contributed by atoms with Gasteiger partial charge in [-0.1, -0.05) is 52.9 Å². The standard InChI is InChI=1S/C17H34OS/c1-5-19-15(2)16(3)11-9-7-6-8-10-12-17(4,18)14-13-16/h15,18H,5-14H2,1-4H3. The van der Waals surface area contributed by atoms with Crippen molar-refractivity contribution in [2.75, 3.05) is 5.75 Å². The quantitative estimate of drug-likeness (QED) is 0.748. The second-order valence-corrected chi connectivity index (χ2v) is 8.63. The maximum absolute atomic E-state index is 10.5. The summed E-state index contributed by atoms with van der Waals surface area (Å²) >= 11 is 2.09. The second-order valence-electron chi connectivity index (χ2n) is 7.02. The van der Waals surface area contributed by atoms with Gasteiger partial charge in [-0.15, -0.1) is 0 Å². The molecular weight excluding hydrogens is 252 g/mol. The van der Waals surface area contributed by atoms with Gasteiger partial charge in [-0.05, 0) is 43.8 Å². The highest BCUT2D eigenvalue weighted by molar-refractivity contribution is 7.99. The van der Waals surface area contributed by atoms with Crippen molar-refractivity contribution in [3.05, 3.63) is 0 Å². The van der Waals surface area contributed by atoms with Crippen molar-refractivity contribution in [2.24, 2.45) is 5.41 Å². The number of hydrogen-bond acceptors (Lipinski definition) is 2. The van der Waals surface area contributed by atoms with Gasteiger partial charge in [0, 0.05) is 5.25 Å². The molecule has 1 nitrogen and oxygen atoms in total. The summed E-state index contributed by atoms with van der Waals surface area (Å²) in [6.45, 7) is 9.14. The average molecular weight is 287 g/mol. The Labute approximate surface area is 124 Å². The predicted octanol–water partition coefficient (Wildman–Crippen LogP) is 5.41. The first kappa shape index (κ1) is 17.4. The van der Waals surface area contributed by atoms with Crippen LogP contribution < -0.4 is 0 Å². The van der Waals surface area contributed by atoms with Crippen molar-refractivity contribution in [3.8, 4) is 0 Å². The molecule has 3 atom stereocenters. The van der Waals surface area contributed by atoms with Crippen molar-refractivity contribution < 1.29 is 5.11 Å². The van der Waals surface area contributed by atoms with Crippen molar-refractivity contribution >= 4 is 11.8 Å². The first-order valence-electron chi connectivity index (χ1n) is 8.24. The van der Waals surface area contributed by atoms with E-state index in [0.29, 0.717) is 10.7 Å². The maximum Gasteiger partial charge on any atom is 0.0620 e. The minimum absolute atomic E-state index is 0.398. The van der Waals surface area contributed by atoms with Gasteiger partial charge in [0.2, 0.25) is 0 Å². The SMILES string of the molecule is CCSC(C)C1(C)CCCCCCCC(C)(O)CC1. The van der Waals surface area contributed by atoms with Gasteiger partial charge in [-0.2, -0.15) is 11.8 Å². The fourth-order valence-corrected chi connectivity index (χ4v) is 4.37. The molecule has 19 heavy (non-hydrogen) atoms. The van der Waals surface area contributed by atoms with Gasteiger partial charge in [0.25, 0.3) is 0 Å². The van der Waals surface area contributed by atoms with Crippen LogP contribution in [0.15, 0.2) is 0 Å². The topological polar surface area (TPSA) is 20.2 Å². The highest BCUT2D eigenvalue weighted by Crippen LogP contribution is 2.42. The summed E-state index contributed by atoms with van der Waals surface area (Å²) in [6.07, 6.45) is 11.0. The lowest BCUT2D eigenvalue weighted by atomic mass is 9.75. The van der Waals surface area contributed by atoms with Crippen molar-refractivity contribution in [3.63, 3.8) is 0 Å². The van der Waals surface area contributed by atoms with Crippen LogP contribution >= 0.6 is 11.8 Å². The first-order valence-corrected chi connectivity index (χ1v) is 9.28. The Morgan fingerprint density at radius 1 is 0.947 bits per heavy atom. The molecule has 0 radical (unpaired) electrons. The Kier molecular flexibility index (Phi) is 7.24. The molecule has 0 bridgehead atoms. The molecule has 0 aromatic carbocycles. The summed E-state index contributed by atoms with van der Waals surface area (Å²) in [5.41, 5.74) is -0.0444. The molecule has 0 aromatic heterocycles. The summed E-state index contributed by atoms with van der Waals surface area (Å²) < 4.78 is 0. The molecule has 0 amide bonds. The molecule has 1 N–H and O–H groups in total. The molecule has 1 aliphatic rings. The molecular formula is C17H34OS. The van der Waals surface area contributed by atoms with E-state index in [4.69, 9.17) is 0 Å². The van der Waals surface area contributed by atoms with Crippen LogP contribution in [0.2, 0.25) is 0 Å². The summed E-state index contributed by atoms with van der Waals surface area (Å²) in [6, 6.07) is 0. The Morgan fingerprint density at radius 3 is 2.16 bits per heavy atom. The van der Waals surface area contributed by atoms with E-state index in [0.717, 1.165) is 12.8 Å². The Balaban J connectivity index is 2.70. The van der Waals surface area contributed by atoms with Crippen LogP contribution in [0.1, 0.15) is 85.5 Å².